The van der Waals surface area contributed by atoms with Crippen molar-refractivity contribution in [3.8, 4) is 11.4 Å². The average molecular weight is 189 g/mol. The Balaban J connectivity index is 2.25. The fourth-order valence-corrected chi connectivity index (χ4v) is 1.19. The number of nitrogens with zero attached hydrogens (tertiary/aromatic N) is 3. The van der Waals surface area contributed by atoms with Crippen molar-refractivity contribution in [1.82, 2.24) is 15.1 Å². The summed E-state index contributed by atoms with van der Waals surface area (Å²) in [6.45, 7) is 2.08. The average Bonchev–Trinajstić information content (AvgIpc) is 2.68. The lowest BCUT2D eigenvalue weighted by molar-refractivity contribution is 0.378. The number of pyridine rings is 1. The molecule has 72 valence electrons. The van der Waals surface area contributed by atoms with Crippen molar-refractivity contribution in [3.63, 3.8) is 0 Å². The molecule has 4 heteroatoms. The van der Waals surface area contributed by atoms with Gasteiger partial charge in [0.05, 0.1) is 0 Å². The van der Waals surface area contributed by atoms with Gasteiger partial charge < -0.3 is 4.52 Å². The molecule has 0 aliphatic carbocycles. The molecule has 0 amide bonds. The lowest BCUT2D eigenvalue weighted by Gasteiger charge is -1.89. The standard InChI is InChI=1S/C10H11N3O/c1-2-3-9-12-10(13-14-9)8-4-6-11-7-5-8/h4-7H,2-3H2,1H3. The molecule has 0 aromatic carbocycles. The summed E-state index contributed by atoms with van der Waals surface area (Å²) in [5.74, 6) is 1.33. The Labute approximate surface area is 82.0 Å². The second-order valence-corrected chi connectivity index (χ2v) is 3.00. The minimum atomic E-state index is 0.635. The zero-order valence-electron chi connectivity index (χ0n) is 7.97. The van der Waals surface area contributed by atoms with E-state index in [-0.39, 0.29) is 0 Å². The summed E-state index contributed by atoms with van der Waals surface area (Å²) < 4.78 is 5.08. The van der Waals surface area contributed by atoms with Crippen molar-refractivity contribution in [1.29, 1.82) is 0 Å². The smallest absolute Gasteiger partial charge is 0.226 e. The molecule has 0 radical (unpaired) electrons. The molecule has 0 atom stereocenters. The molecule has 0 aliphatic rings. The van der Waals surface area contributed by atoms with Crippen LogP contribution in [0.25, 0.3) is 11.4 Å². The zero-order chi connectivity index (χ0) is 9.80. The Kier molecular flexibility index (Phi) is 2.53. The van der Waals surface area contributed by atoms with Gasteiger partial charge in [0, 0.05) is 24.4 Å². The Morgan fingerprint density at radius 2 is 2.07 bits per heavy atom. The highest BCUT2D eigenvalue weighted by molar-refractivity contribution is 5.52. The van der Waals surface area contributed by atoms with Crippen LogP contribution in [0.3, 0.4) is 0 Å². The van der Waals surface area contributed by atoms with Gasteiger partial charge in [0.15, 0.2) is 0 Å². The van der Waals surface area contributed by atoms with Crippen LogP contribution in [-0.4, -0.2) is 15.1 Å². The van der Waals surface area contributed by atoms with Crippen LogP contribution in [0.1, 0.15) is 19.2 Å². The van der Waals surface area contributed by atoms with Crippen LogP contribution in [0, 0.1) is 0 Å². The largest absolute Gasteiger partial charge is 0.339 e. The topological polar surface area (TPSA) is 51.8 Å². The third kappa shape index (κ3) is 1.79. The van der Waals surface area contributed by atoms with E-state index in [1.165, 1.54) is 0 Å². The number of hydrogen-bond acceptors (Lipinski definition) is 4. The first-order valence-electron chi connectivity index (χ1n) is 4.63. The van der Waals surface area contributed by atoms with Crippen molar-refractivity contribution < 1.29 is 4.52 Å². The van der Waals surface area contributed by atoms with Gasteiger partial charge in [-0.25, -0.2) is 0 Å². The summed E-state index contributed by atoms with van der Waals surface area (Å²) >= 11 is 0. The molecule has 0 spiro atoms. The first-order valence-corrected chi connectivity index (χ1v) is 4.63. The lowest BCUT2D eigenvalue weighted by Crippen LogP contribution is -1.83. The van der Waals surface area contributed by atoms with Gasteiger partial charge in [-0.2, -0.15) is 4.98 Å². The first kappa shape index (κ1) is 8.87. The third-order valence-electron chi connectivity index (χ3n) is 1.87. The minimum Gasteiger partial charge on any atom is -0.339 e. The molecule has 2 aromatic rings. The van der Waals surface area contributed by atoms with E-state index < -0.39 is 0 Å². The van der Waals surface area contributed by atoms with E-state index in [9.17, 15) is 0 Å². The Hall–Kier alpha value is -1.71. The van der Waals surface area contributed by atoms with E-state index in [2.05, 4.69) is 22.0 Å². The first-order chi connectivity index (χ1) is 6.90. The maximum atomic E-state index is 5.08. The van der Waals surface area contributed by atoms with E-state index in [1.54, 1.807) is 12.4 Å². The summed E-state index contributed by atoms with van der Waals surface area (Å²) in [4.78, 5) is 8.19. The van der Waals surface area contributed by atoms with Gasteiger partial charge in [-0.05, 0) is 18.6 Å². The molecule has 0 saturated carbocycles. The summed E-state index contributed by atoms with van der Waals surface area (Å²) in [6.07, 6.45) is 5.27. The summed E-state index contributed by atoms with van der Waals surface area (Å²) in [6, 6.07) is 3.72. The lowest BCUT2D eigenvalue weighted by atomic mass is 10.2. The Bertz CT molecular complexity index is 397. The van der Waals surface area contributed by atoms with Crippen LogP contribution in [0.5, 0.6) is 0 Å². The van der Waals surface area contributed by atoms with Crippen molar-refractivity contribution in [2.24, 2.45) is 0 Å². The van der Waals surface area contributed by atoms with Crippen LogP contribution in [-0.2, 0) is 6.42 Å². The molecular weight excluding hydrogens is 178 g/mol. The van der Waals surface area contributed by atoms with Crippen LogP contribution in [0.2, 0.25) is 0 Å². The maximum absolute atomic E-state index is 5.08. The molecule has 2 aromatic heterocycles. The predicted molar refractivity (Wildman–Crippen MR) is 51.5 cm³/mol. The van der Waals surface area contributed by atoms with E-state index in [0.717, 1.165) is 18.4 Å². The van der Waals surface area contributed by atoms with Gasteiger partial charge in [-0.1, -0.05) is 12.1 Å². The van der Waals surface area contributed by atoms with Gasteiger partial charge in [0.25, 0.3) is 0 Å². The third-order valence-corrected chi connectivity index (χ3v) is 1.87. The zero-order valence-corrected chi connectivity index (χ0v) is 7.97. The van der Waals surface area contributed by atoms with Gasteiger partial charge in [0.1, 0.15) is 0 Å². The van der Waals surface area contributed by atoms with Crippen LogP contribution >= 0.6 is 0 Å². The van der Waals surface area contributed by atoms with Gasteiger partial charge in [0.2, 0.25) is 11.7 Å². The molecule has 0 bridgehead atoms. The number of rotatable bonds is 3. The fraction of sp³-hybridized carbons (Fsp3) is 0.300. The van der Waals surface area contributed by atoms with Crippen LogP contribution < -0.4 is 0 Å². The SMILES string of the molecule is CCCc1nc(-c2ccncc2)no1. The highest BCUT2D eigenvalue weighted by atomic mass is 16.5. The van der Waals surface area contributed by atoms with Crippen molar-refractivity contribution in [2.45, 2.75) is 19.8 Å². The monoisotopic (exact) mass is 189 g/mol. The number of aromatic nitrogens is 3. The predicted octanol–water partition coefficient (Wildman–Crippen LogP) is 2.08. The summed E-state index contributed by atoms with van der Waals surface area (Å²) in [5, 5.41) is 3.89. The maximum Gasteiger partial charge on any atom is 0.226 e. The van der Waals surface area contributed by atoms with Crippen molar-refractivity contribution in [2.75, 3.05) is 0 Å². The molecule has 0 saturated heterocycles. The number of hydrogen-bond donors (Lipinski definition) is 0. The Morgan fingerprint density at radius 3 is 2.79 bits per heavy atom. The van der Waals surface area contributed by atoms with Crippen molar-refractivity contribution in [3.05, 3.63) is 30.4 Å². The fourth-order valence-electron chi connectivity index (χ4n) is 1.19. The minimum absolute atomic E-state index is 0.635. The van der Waals surface area contributed by atoms with E-state index in [1.807, 2.05) is 12.1 Å². The molecule has 4 nitrogen and oxygen atoms in total. The summed E-state index contributed by atoms with van der Waals surface area (Å²) in [5.41, 5.74) is 0.936. The molecule has 2 heterocycles. The highest BCUT2D eigenvalue weighted by Crippen LogP contribution is 2.14. The van der Waals surface area contributed by atoms with Crippen LogP contribution in [0.4, 0.5) is 0 Å². The van der Waals surface area contributed by atoms with Gasteiger partial charge in [-0.15, -0.1) is 0 Å². The van der Waals surface area contributed by atoms with E-state index in [4.69, 9.17) is 4.52 Å². The molecule has 14 heavy (non-hydrogen) atoms. The molecular formula is C10H11N3O. The van der Waals surface area contributed by atoms with E-state index in [0.29, 0.717) is 11.7 Å². The number of aryl methyl sites for hydroxylation is 1. The molecule has 2 rings (SSSR count). The summed E-state index contributed by atoms with van der Waals surface area (Å²) in [7, 11) is 0. The van der Waals surface area contributed by atoms with Gasteiger partial charge in [-0.3, -0.25) is 4.98 Å². The second-order valence-electron chi connectivity index (χ2n) is 3.00. The second kappa shape index (κ2) is 4.00. The van der Waals surface area contributed by atoms with Crippen molar-refractivity contribution >= 4 is 0 Å². The van der Waals surface area contributed by atoms with Gasteiger partial charge >= 0.3 is 0 Å². The molecule has 0 N–H and O–H groups in total. The van der Waals surface area contributed by atoms with Crippen LogP contribution in [0.15, 0.2) is 29.0 Å². The Morgan fingerprint density at radius 1 is 1.29 bits per heavy atom. The molecule has 0 aliphatic heterocycles. The normalized spacial score (nSPS) is 10.4. The molecule has 0 fully saturated rings. The quantitative estimate of drug-likeness (QED) is 0.741. The van der Waals surface area contributed by atoms with E-state index >= 15 is 0 Å². The molecule has 0 unspecified atom stereocenters. The highest BCUT2D eigenvalue weighted by Gasteiger charge is 2.06.